The Bertz CT molecular complexity index is 704. The van der Waals surface area contributed by atoms with Gasteiger partial charge >= 0.3 is 0 Å². The lowest BCUT2D eigenvalue weighted by Crippen LogP contribution is -2.29. The van der Waals surface area contributed by atoms with E-state index in [1.807, 2.05) is 13.0 Å². The molecule has 2 rings (SSSR count). The van der Waals surface area contributed by atoms with Crippen molar-refractivity contribution in [1.82, 2.24) is 15.1 Å². The second-order valence-corrected chi connectivity index (χ2v) is 5.68. The molecule has 0 aliphatic carbocycles. The third-order valence-electron chi connectivity index (χ3n) is 3.72. The number of nitrogens with one attached hydrogen (secondary N) is 1. The summed E-state index contributed by atoms with van der Waals surface area (Å²) in [5, 5.41) is 7.82. The monoisotopic (exact) mass is 299 g/mol. The molecule has 2 aromatic rings. The molecule has 1 aromatic carbocycles. The maximum atomic E-state index is 12.5. The highest BCUT2D eigenvalue weighted by Gasteiger charge is 2.11. The van der Waals surface area contributed by atoms with Crippen molar-refractivity contribution in [2.45, 2.75) is 47.2 Å². The van der Waals surface area contributed by atoms with Gasteiger partial charge in [-0.3, -0.25) is 4.79 Å². The van der Waals surface area contributed by atoms with Gasteiger partial charge in [-0.05, 0) is 44.5 Å². The van der Waals surface area contributed by atoms with Gasteiger partial charge in [0, 0.05) is 24.2 Å². The van der Waals surface area contributed by atoms with Crippen molar-refractivity contribution in [2.24, 2.45) is 0 Å². The first-order chi connectivity index (χ1) is 10.6. The van der Waals surface area contributed by atoms with Crippen LogP contribution in [0.5, 0.6) is 0 Å². The van der Waals surface area contributed by atoms with Crippen LogP contribution < -0.4 is 10.9 Å². The standard InChI is InChI=1S/C18H25N3O/c1-5-9-21-18(22)15(12-19-6-2)11-17(20-21)16-10-13(3)7-8-14(16)4/h7-8,10-11,19H,5-6,9,12H2,1-4H3. The van der Waals surface area contributed by atoms with Gasteiger partial charge in [0.25, 0.3) is 5.56 Å². The fourth-order valence-electron chi connectivity index (χ4n) is 2.49. The third-order valence-corrected chi connectivity index (χ3v) is 3.72. The average molecular weight is 299 g/mol. The van der Waals surface area contributed by atoms with Crippen molar-refractivity contribution in [2.75, 3.05) is 6.54 Å². The van der Waals surface area contributed by atoms with Gasteiger partial charge in [-0.15, -0.1) is 0 Å². The summed E-state index contributed by atoms with van der Waals surface area (Å²) >= 11 is 0. The summed E-state index contributed by atoms with van der Waals surface area (Å²) in [5.74, 6) is 0. The summed E-state index contributed by atoms with van der Waals surface area (Å²) in [4.78, 5) is 12.5. The van der Waals surface area contributed by atoms with E-state index < -0.39 is 0 Å². The van der Waals surface area contributed by atoms with Crippen LogP contribution in [-0.2, 0) is 13.1 Å². The molecule has 0 bridgehead atoms. The Hall–Kier alpha value is -1.94. The van der Waals surface area contributed by atoms with Crippen molar-refractivity contribution in [1.29, 1.82) is 0 Å². The summed E-state index contributed by atoms with van der Waals surface area (Å²) in [6.45, 7) is 10.3. The first-order valence-electron chi connectivity index (χ1n) is 7.96. The fourth-order valence-corrected chi connectivity index (χ4v) is 2.49. The van der Waals surface area contributed by atoms with Crippen LogP contribution in [0.15, 0.2) is 29.1 Å². The molecule has 1 heterocycles. The van der Waals surface area contributed by atoms with Crippen LogP contribution in [0.4, 0.5) is 0 Å². The second kappa shape index (κ2) is 7.36. The third kappa shape index (κ3) is 3.63. The van der Waals surface area contributed by atoms with E-state index in [2.05, 4.69) is 49.4 Å². The lowest BCUT2D eigenvalue weighted by atomic mass is 10.0. The first kappa shape index (κ1) is 16.4. The highest BCUT2D eigenvalue weighted by Crippen LogP contribution is 2.22. The predicted octanol–water partition coefficient (Wildman–Crippen LogP) is 3.05. The van der Waals surface area contributed by atoms with Gasteiger partial charge in [0.05, 0.1) is 5.69 Å². The minimum atomic E-state index is 0.0110. The average Bonchev–Trinajstić information content (AvgIpc) is 2.50. The van der Waals surface area contributed by atoms with E-state index in [1.165, 1.54) is 11.1 Å². The molecule has 0 amide bonds. The largest absolute Gasteiger partial charge is 0.313 e. The van der Waals surface area contributed by atoms with Crippen LogP contribution in [0, 0.1) is 13.8 Å². The van der Waals surface area contributed by atoms with E-state index >= 15 is 0 Å². The van der Waals surface area contributed by atoms with Gasteiger partial charge in [0.15, 0.2) is 0 Å². The lowest BCUT2D eigenvalue weighted by Gasteiger charge is -2.12. The molecule has 0 unspecified atom stereocenters. The van der Waals surface area contributed by atoms with Gasteiger partial charge in [-0.2, -0.15) is 5.10 Å². The summed E-state index contributed by atoms with van der Waals surface area (Å²) in [5.41, 5.74) is 5.14. The second-order valence-electron chi connectivity index (χ2n) is 5.68. The maximum absolute atomic E-state index is 12.5. The predicted molar refractivity (Wildman–Crippen MR) is 91.1 cm³/mol. The van der Waals surface area contributed by atoms with Gasteiger partial charge in [0.1, 0.15) is 0 Å². The lowest BCUT2D eigenvalue weighted by molar-refractivity contribution is 0.559. The number of hydrogen-bond acceptors (Lipinski definition) is 3. The van der Waals surface area contributed by atoms with Crippen molar-refractivity contribution >= 4 is 0 Å². The number of hydrogen-bond donors (Lipinski definition) is 1. The number of aryl methyl sites for hydroxylation is 3. The molecule has 4 nitrogen and oxygen atoms in total. The Balaban J connectivity index is 2.57. The first-order valence-corrected chi connectivity index (χ1v) is 7.96. The van der Waals surface area contributed by atoms with Gasteiger partial charge in [-0.1, -0.05) is 31.5 Å². The highest BCUT2D eigenvalue weighted by atomic mass is 16.1. The van der Waals surface area contributed by atoms with E-state index in [0.29, 0.717) is 13.1 Å². The van der Waals surface area contributed by atoms with Gasteiger partial charge in [0.2, 0.25) is 0 Å². The summed E-state index contributed by atoms with van der Waals surface area (Å²) in [6.07, 6.45) is 0.893. The Morgan fingerprint density at radius 2 is 1.95 bits per heavy atom. The van der Waals surface area contributed by atoms with E-state index in [0.717, 1.165) is 29.8 Å². The number of rotatable bonds is 6. The summed E-state index contributed by atoms with van der Waals surface area (Å²) in [7, 11) is 0. The van der Waals surface area contributed by atoms with Crippen molar-refractivity contribution in [3.63, 3.8) is 0 Å². The Morgan fingerprint density at radius 3 is 2.64 bits per heavy atom. The molecule has 1 N–H and O–H groups in total. The van der Waals surface area contributed by atoms with Crippen molar-refractivity contribution in [3.05, 3.63) is 51.3 Å². The molecule has 4 heteroatoms. The zero-order chi connectivity index (χ0) is 16.1. The van der Waals surface area contributed by atoms with Crippen LogP contribution in [0.3, 0.4) is 0 Å². The van der Waals surface area contributed by atoms with Gasteiger partial charge < -0.3 is 5.32 Å². The van der Waals surface area contributed by atoms with E-state index in [4.69, 9.17) is 0 Å². The Kier molecular flexibility index (Phi) is 5.50. The van der Waals surface area contributed by atoms with Gasteiger partial charge in [-0.25, -0.2) is 4.68 Å². The topological polar surface area (TPSA) is 46.9 Å². The molecule has 0 atom stereocenters. The Morgan fingerprint density at radius 1 is 1.18 bits per heavy atom. The molecule has 0 spiro atoms. The maximum Gasteiger partial charge on any atom is 0.271 e. The van der Waals surface area contributed by atoms with Crippen LogP contribution >= 0.6 is 0 Å². The SMILES string of the molecule is CCCn1nc(-c2cc(C)ccc2C)cc(CNCC)c1=O. The van der Waals surface area contributed by atoms with E-state index in [-0.39, 0.29) is 5.56 Å². The molecule has 0 saturated carbocycles. The molecule has 0 aliphatic heterocycles. The highest BCUT2D eigenvalue weighted by molar-refractivity contribution is 5.64. The van der Waals surface area contributed by atoms with E-state index in [9.17, 15) is 4.79 Å². The van der Waals surface area contributed by atoms with Crippen LogP contribution in [0.25, 0.3) is 11.3 Å². The zero-order valence-corrected chi connectivity index (χ0v) is 13.9. The zero-order valence-electron chi connectivity index (χ0n) is 13.9. The molecule has 118 valence electrons. The summed E-state index contributed by atoms with van der Waals surface area (Å²) < 4.78 is 1.60. The van der Waals surface area contributed by atoms with Crippen molar-refractivity contribution in [3.8, 4) is 11.3 Å². The smallest absolute Gasteiger partial charge is 0.271 e. The summed E-state index contributed by atoms with van der Waals surface area (Å²) in [6, 6.07) is 8.26. The number of benzene rings is 1. The minimum absolute atomic E-state index is 0.0110. The molecule has 22 heavy (non-hydrogen) atoms. The number of nitrogens with zero attached hydrogens (tertiary/aromatic N) is 2. The van der Waals surface area contributed by atoms with Crippen LogP contribution in [-0.4, -0.2) is 16.3 Å². The molecule has 0 saturated heterocycles. The molecule has 0 fully saturated rings. The Labute approximate surface area is 132 Å². The fraction of sp³-hybridized carbons (Fsp3) is 0.444. The molecular formula is C18H25N3O. The number of aromatic nitrogens is 2. The molecule has 0 aliphatic rings. The van der Waals surface area contributed by atoms with Crippen LogP contribution in [0.2, 0.25) is 0 Å². The van der Waals surface area contributed by atoms with Crippen molar-refractivity contribution < 1.29 is 0 Å². The molecule has 0 radical (unpaired) electrons. The minimum Gasteiger partial charge on any atom is -0.313 e. The molecule has 1 aromatic heterocycles. The quantitative estimate of drug-likeness (QED) is 0.892. The normalized spacial score (nSPS) is 10.9. The molecular weight excluding hydrogens is 274 g/mol. The van der Waals surface area contributed by atoms with Crippen LogP contribution in [0.1, 0.15) is 37.0 Å². The van der Waals surface area contributed by atoms with E-state index in [1.54, 1.807) is 4.68 Å².